The Morgan fingerprint density at radius 3 is 2.37 bits per heavy atom. The molecular formula is C20H18ClN3O5S. The highest BCUT2D eigenvalue weighted by atomic mass is 35.5. The summed E-state index contributed by atoms with van der Waals surface area (Å²) >= 11 is 6.00. The van der Waals surface area contributed by atoms with Crippen LogP contribution in [-0.4, -0.2) is 20.2 Å². The van der Waals surface area contributed by atoms with Crippen molar-refractivity contribution in [2.75, 3.05) is 15.4 Å². The van der Waals surface area contributed by atoms with Crippen molar-refractivity contribution in [2.45, 2.75) is 18.2 Å². The summed E-state index contributed by atoms with van der Waals surface area (Å²) in [5.41, 5.74) is 0.778. The van der Waals surface area contributed by atoms with Crippen molar-refractivity contribution >= 4 is 50.5 Å². The van der Waals surface area contributed by atoms with E-state index in [1.54, 1.807) is 13.0 Å². The monoisotopic (exact) mass is 447 g/mol. The molecular weight excluding hydrogens is 430 g/mol. The molecule has 3 aromatic rings. The first kappa shape index (κ1) is 21.4. The molecule has 156 valence electrons. The van der Waals surface area contributed by atoms with Crippen molar-refractivity contribution in [3.8, 4) is 0 Å². The van der Waals surface area contributed by atoms with Crippen LogP contribution in [0.15, 0.2) is 70.2 Å². The van der Waals surface area contributed by atoms with E-state index in [9.17, 15) is 18.0 Å². The molecule has 10 heteroatoms. The van der Waals surface area contributed by atoms with Gasteiger partial charge in [-0.15, -0.1) is 0 Å². The van der Waals surface area contributed by atoms with E-state index < -0.39 is 15.9 Å². The van der Waals surface area contributed by atoms with E-state index >= 15 is 0 Å². The van der Waals surface area contributed by atoms with Gasteiger partial charge in [0.1, 0.15) is 0 Å². The lowest BCUT2D eigenvalue weighted by Crippen LogP contribution is -2.17. The van der Waals surface area contributed by atoms with Crippen molar-refractivity contribution in [1.82, 2.24) is 0 Å². The molecule has 1 aromatic heterocycles. The van der Waals surface area contributed by atoms with E-state index in [1.165, 1.54) is 54.8 Å². The molecule has 0 saturated heterocycles. The number of hydrogen-bond donors (Lipinski definition) is 3. The second-order valence-electron chi connectivity index (χ2n) is 6.15. The molecule has 3 rings (SSSR count). The number of benzene rings is 2. The molecule has 0 saturated carbocycles. The van der Waals surface area contributed by atoms with E-state index in [0.717, 1.165) is 0 Å². The first-order valence-corrected chi connectivity index (χ1v) is 10.7. The average molecular weight is 448 g/mol. The molecule has 2 amide bonds. The molecule has 0 fully saturated rings. The van der Waals surface area contributed by atoms with Gasteiger partial charge in [-0.25, -0.2) is 8.42 Å². The van der Waals surface area contributed by atoms with Gasteiger partial charge in [0.2, 0.25) is 5.91 Å². The SMILES string of the molecule is CCC(=O)Nc1ccc(S(=O)(=O)Nc2ccc(Cl)cc2NC(=O)c2ccco2)cc1. The first-order valence-electron chi connectivity index (χ1n) is 8.85. The molecule has 1 heterocycles. The lowest BCUT2D eigenvalue weighted by Gasteiger charge is -2.14. The average Bonchev–Trinajstić information content (AvgIpc) is 3.25. The van der Waals surface area contributed by atoms with Crippen LogP contribution in [0, 0.1) is 0 Å². The molecule has 0 aliphatic rings. The number of rotatable bonds is 7. The van der Waals surface area contributed by atoms with Crippen LogP contribution in [0.25, 0.3) is 0 Å². The molecule has 0 aliphatic heterocycles. The number of carbonyl (C=O) groups is 2. The molecule has 0 bridgehead atoms. The first-order chi connectivity index (χ1) is 14.3. The number of sulfonamides is 1. The maximum atomic E-state index is 12.8. The van der Waals surface area contributed by atoms with E-state index in [1.807, 2.05) is 0 Å². The van der Waals surface area contributed by atoms with Crippen LogP contribution < -0.4 is 15.4 Å². The van der Waals surface area contributed by atoms with Crippen molar-refractivity contribution < 1.29 is 22.4 Å². The zero-order valence-electron chi connectivity index (χ0n) is 15.8. The molecule has 3 N–H and O–H groups in total. The van der Waals surface area contributed by atoms with Crippen molar-refractivity contribution in [3.05, 3.63) is 71.6 Å². The summed E-state index contributed by atoms with van der Waals surface area (Å²) in [6.45, 7) is 1.71. The molecule has 0 radical (unpaired) electrons. The van der Waals surface area contributed by atoms with Crippen LogP contribution in [0.4, 0.5) is 17.1 Å². The number of carbonyl (C=O) groups excluding carboxylic acids is 2. The third-order valence-corrected chi connectivity index (χ3v) is 5.61. The molecule has 8 nitrogen and oxygen atoms in total. The fourth-order valence-electron chi connectivity index (χ4n) is 2.47. The van der Waals surface area contributed by atoms with Gasteiger partial charge in [0.05, 0.1) is 22.5 Å². The Balaban J connectivity index is 1.82. The Bertz CT molecular complexity index is 1160. The lowest BCUT2D eigenvalue weighted by molar-refractivity contribution is -0.115. The normalized spacial score (nSPS) is 11.0. The van der Waals surface area contributed by atoms with Gasteiger partial charge in [-0.05, 0) is 54.6 Å². The summed E-state index contributed by atoms with van der Waals surface area (Å²) in [5.74, 6) is -0.672. The smallest absolute Gasteiger partial charge is 0.291 e. The summed E-state index contributed by atoms with van der Waals surface area (Å²) in [4.78, 5) is 23.7. The Hall–Kier alpha value is -3.30. The predicted octanol–water partition coefficient (Wildman–Crippen LogP) is 4.33. The Labute approximate surface area is 178 Å². The van der Waals surface area contributed by atoms with Gasteiger partial charge in [0.25, 0.3) is 15.9 Å². The largest absolute Gasteiger partial charge is 0.459 e. The van der Waals surface area contributed by atoms with Gasteiger partial charge >= 0.3 is 0 Å². The summed E-state index contributed by atoms with van der Waals surface area (Å²) in [5, 5.41) is 5.53. The maximum Gasteiger partial charge on any atom is 0.291 e. The van der Waals surface area contributed by atoms with Crippen LogP contribution in [0.3, 0.4) is 0 Å². The van der Waals surface area contributed by atoms with Crippen molar-refractivity contribution in [1.29, 1.82) is 0 Å². The number of nitrogens with one attached hydrogen (secondary N) is 3. The van der Waals surface area contributed by atoms with Crippen LogP contribution >= 0.6 is 11.6 Å². The summed E-state index contributed by atoms with van der Waals surface area (Å²) < 4.78 is 33.0. The highest BCUT2D eigenvalue weighted by Gasteiger charge is 2.18. The standard InChI is InChI=1S/C20H18ClN3O5S/c1-2-19(25)22-14-6-8-15(9-7-14)30(27,28)24-16-10-5-13(21)12-17(16)23-20(26)18-4-3-11-29-18/h3-12,24H,2H2,1H3,(H,22,25)(H,23,26). The van der Waals surface area contributed by atoms with Crippen LogP contribution in [0.2, 0.25) is 5.02 Å². The van der Waals surface area contributed by atoms with Crippen LogP contribution in [0.1, 0.15) is 23.9 Å². The number of amides is 2. The zero-order chi connectivity index (χ0) is 21.7. The van der Waals surface area contributed by atoms with Crippen LogP contribution in [0.5, 0.6) is 0 Å². The maximum absolute atomic E-state index is 12.8. The Morgan fingerprint density at radius 2 is 1.73 bits per heavy atom. The van der Waals surface area contributed by atoms with E-state index in [2.05, 4.69) is 15.4 Å². The van der Waals surface area contributed by atoms with Crippen molar-refractivity contribution in [3.63, 3.8) is 0 Å². The topological polar surface area (TPSA) is 118 Å². The third-order valence-electron chi connectivity index (χ3n) is 3.99. The molecule has 30 heavy (non-hydrogen) atoms. The lowest BCUT2D eigenvalue weighted by atomic mass is 10.2. The molecule has 0 spiro atoms. The fraction of sp³-hybridized carbons (Fsp3) is 0.100. The molecule has 2 aromatic carbocycles. The summed E-state index contributed by atoms with van der Waals surface area (Å²) in [6.07, 6.45) is 1.66. The molecule has 0 unspecified atom stereocenters. The third kappa shape index (κ3) is 5.19. The minimum Gasteiger partial charge on any atom is -0.459 e. The van der Waals surface area contributed by atoms with Crippen LogP contribution in [-0.2, 0) is 14.8 Å². The predicted molar refractivity (Wildman–Crippen MR) is 114 cm³/mol. The quantitative estimate of drug-likeness (QED) is 0.498. The van der Waals surface area contributed by atoms with E-state index in [0.29, 0.717) is 17.1 Å². The number of halogens is 1. The van der Waals surface area contributed by atoms with Crippen molar-refractivity contribution in [2.24, 2.45) is 0 Å². The summed E-state index contributed by atoms with van der Waals surface area (Å²) in [7, 11) is -3.97. The number of anilines is 3. The van der Waals surface area contributed by atoms with Gasteiger partial charge in [0.15, 0.2) is 5.76 Å². The Kier molecular flexibility index (Phi) is 6.43. The molecule has 0 atom stereocenters. The Morgan fingerprint density at radius 1 is 1.00 bits per heavy atom. The number of hydrogen-bond acceptors (Lipinski definition) is 5. The van der Waals surface area contributed by atoms with Gasteiger partial charge < -0.3 is 15.1 Å². The van der Waals surface area contributed by atoms with E-state index in [-0.39, 0.29) is 27.9 Å². The highest BCUT2D eigenvalue weighted by Crippen LogP contribution is 2.29. The van der Waals surface area contributed by atoms with Gasteiger partial charge in [0, 0.05) is 17.1 Å². The number of furan rings is 1. The van der Waals surface area contributed by atoms with E-state index in [4.69, 9.17) is 16.0 Å². The second kappa shape index (κ2) is 9.02. The molecule has 0 aliphatic carbocycles. The minimum atomic E-state index is -3.97. The van der Waals surface area contributed by atoms with Gasteiger partial charge in [-0.1, -0.05) is 18.5 Å². The summed E-state index contributed by atoms with van der Waals surface area (Å²) in [6, 6.07) is 13.1. The van der Waals surface area contributed by atoms with Gasteiger partial charge in [-0.2, -0.15) is 0 Å². The van der Waals surface area contributed by atoms with Gasteiger partial charge in [-0.3, -0.25) is 14.3 Å². The second-order valence-corrected chi connectivity index (χ2v) is 8.27. The minimum absolute atomic E-state index is 0.0183. The fourth-order valence-corrected chi connectivity index (χ4v) is 3.72. The zero-order valence-corrected chi connectivity index (χ0v) is 17.4. The highest BCUT2D eigenvalue weighted by molar-refractivity contribution is 7.92.